The van der Waals surface area contributed by atoms with E-state index in [2.05, 4.69) is 40.2 Å². The molecule has 0 bridgehead atoms. The highest BCUT2D eigenvalue weighted by Crippen LogP contribution is 2.30. The van der Waals surface area contributed by atoms with Crippen molar-refractivity contribution in [2.24, 2.45) is 5.73 Å². The maximum Gasteiger partial charge on any atom is 0.226 e. The van der Waals surface area contributed by atoms with Gasteiger partial charge in [0.1, 0.15) is 24.6 Å². The van der Waals surface area contributed by atoms with Crippen molar-refractivity contribution in [1.82, 2.24) is 19.9 Å². The Morgan fingerprint density at radius 2 is 1.74 bits per heavy atom. The number of carbonyl (C=O) groups excluding carboxylic acids is 1. The summed E-state index contributed by atoms with van der Waals surface area (Å²) in [5.74, 6) is 1.82. The van der Waals surface area contributed by atoms with Crippen molar-refractivity contribution in [2.75, 3.05) is 19.4 Å². The first-order valence-electron chi connectivity index (χ1n) is 11.4. The molecule has 4 aromatic rings. The molecule has 180 valence electrons. The molecule has 0 aliphatic rings. The minimum Gasteiger partial charge on any atom is -0.473 e. The summed E-state index contributed by atoms with van der Waals surface area (Å²) >= 11 is 0. The van der Waals surface area contributed by atoms with Crippen LogP contribution in [0, 0.1) is 13.8 Å². The number of aromatic nitrogens is 3. The highest BCUT2D eigenvalue weighted by molar-refractivity contribution is 5.96. The molecule has 35 heavy (non-hydrogen) atoms. The molecule has 8 heteroatoms. The molecule has 0 aliphatic heterocycles. The SMILES string of the molecule is Cc1cc2c(Nc3cc(OCc4ccc(CC(=O)N(C)C)cc4)ncn3)nccc2c(C)c1CN. The van der Waals surface area contributed by atoms with Crippen LogP contribution in [0.25, 0.3) is 10.8 Å². The quantitative estimate of drug-likeness (QED) is 0.400. The number of fused-ring (bicyclic) bond motifs is 1. The lowest BCUT2D eigenvalue weighted by Crippen LogP contribution is -2.23. The summed E-state index contributed by atoms with van der Waals surface area (Å²) in [6, 6.07) is 13.7. The smallest absolute Gasteiger partial charge is 0.226 e. The number of hydrogen-bond acceptors (Lipinski definition) is 7. The second kappa shape index (κ2) is 10.5. The average molecular weight is 471 g/mol. The zero-order chi connectivity index (χ0) is 24.9. The molecule has 3 N–H and O–H groups in total. The van der Waals surface area contributed by atoms with Crippen molar-refractivity contribution in [3.05, 3.63) is 82.8 Å². The van der Waals surface area contributed by atoms with Crippen LogP contribution in [-0.4, -0.2) is 39.9 Å². The number of rotatable bonds is 8. The van der Waals surface area contributed by atoms with Gasteiger partial charge in [0.05, 0.1) is 6.42 Å². The molecule has 0 atom stereocenters. The second-order valence-electron chi connectivity index (χ2n) is 8.69. The van der Waals surface area contributed by atoms with Gasteiger partial charge in [0.2, 0.25) is 11.8 Å². The zero-order valence-corrected chi connectivity index (χ0v) is 20.5. The number of ether oxygens (including phenoxy) is 1. The Morgan fingerprint density at radius 1 is 1.00 bits per heavy atom. The monoisotopic (exact) mass is 470 g/mol. The molecular formula is C27H30N6O2. The fourth-order valence-electron chi connectivity index (χ4n) is 3.97. The Balaban J connectivity index is 1.46. The van der Waals surface area contributed by atoms with Crippen molar-refractivity contribution in [3.63, 3.8) is 0 Å². The molecular weight excluding hydrogens is 440 g/mol. The van der Waals surface area contributed by atoms with Crippen molar-refractivity contribution in [3.8, 4) is 5.88 Å². The summed E-state index contributed by atoms with van der Waals surface area (Å²) in [6.45, 7) is 5.01. The number of amides is 1. The Labute approximate surface area is 205 Å². The van der Waals surface area contributed by atoms with Gasteiger partial charge in [-0.25, -0.2) is 15.0 Å². The lowest BCUT2D eigenvalue weighted by Gasteiger charge is -2.15. The summed E-state index contributed by atoms with van der Waals surface area (Å²) in [7, 11) is 3.51. The van der Waals surface area contributed by atoms with Crippen molar-refractivity contribution < 1.29 is 9.53 Å². The topological polar surface area (TPSA) is 106 Å². The van der Waals surface area contributed by atoms with Gasteiger partial charge in [0.15, 0.2) is 0 Å². The number of benzene rings is 2. The summed E-state index contributed by atoms with van der Waals surface area (Å²) in [4.78, 5) is 26.6. The molecule has 1 amide bonds. The number of anilines is 2. The third kappa shape index (κ3) is 5.55. The lowest BCUT2D eigenvalue weighted by atomic mass is 9.96. The molecule has 0 saturated heterocycles. The normalized spacial score (nSPS) is 10.9. The van der Waals surface area contributed by atoms with Gasteiger partial charge in [-0.05, 0) is 59.2 Å². The van der Waals surface area contributed by atoms with E-state index in [9.17, 15) is 4.79 Å². The largest absolute Gasteiger partial charge is 0.473 e. The van der Waals surface area contributed by atoms with E-state index >= 15 is 0 Å². The number of pyridine rings is 1. The second-order valence-corrected chi connectivity index (χ2v) is 8.69. The summed E-state index contributed by atoms with van der Waals surface area (Å²) in [5.41, 5.74) is 11.4. The standard InChI is InChI=1S/C27H30N6O2/c1-17-11-22-21(18(2)23(17)14-28)9-10-29-27(22)32-24-13-25(31-16-30-24)35-15-20-7-5-19(6-8-20)12-26(34)33(3)4/h5-11,13,16H,12,14-15,28H2,1-4H3,(H,29,30,31,32). The number of carbonyl (C=O) groups is 1. The third-order valence-corrected chi connectivity index (χ3v) is 6.04. The Morgan fingerprint density at radius 3 is 2.46 bits per heavy atom. The van der Waals surface area contributed by atoms with Crippen LogP contribution in [0.3, 0.4) is 0 Å². The molecule has 0 radical (unpaired) electrons. The van der Waals surface area contributed by atoms with E-state index in [1.54, 1.807) is 31.3 Å². The maximum atomic E-state index is 11.9. The number of aryl methyl sites for hydroxylation is 2. The van der Waals surface area contributed by atoms with Crippen LogP contribution >= 0.6 is 0 Å². The van der Waals surface area contributed by atoms with Gasteiger partial charge in [0.25, 0.3) is 0 Å². The van der Waals surface area contributed by atoms with Crippen LogP contribution in [0.4, 0.5) is 11.6 Å². The van der Waals surface area contributed by atoms with Crippen LogP contribution in [0.15, 0.2) is 55.0 Å². The van der Waals surface area contributed by atoms with Crippen LogP contribution in [0.1, 0.15) is 27.8 Å². The predicted molar refractivity (Wildman–Crippen MR) is 138 cm³/mol. The van der Waals surface area contributed by atoms with E-state index in [4.69, 9.17) is 10.5 Å². The van der Waals surface area contributed by atoms with Gasteiger partial charge in [-0.3, -0.25) is 4.79 Å². The molecule has 2 heterocycles. The first kappa shape index (κ1) is 24.1. The van der Waals surface area contributed by atoms with Gasteiger partial charge in [-0.2, -0.15) is 0 Å². The highest BCUT2D eigenvalue weighted by Gasteiger charge is 2.12. The van der Waals surface area contributed by atoms with E-state index < -0.39 is 0 Å². The fraction of sp³-hybridized carbons (Fsp3) is 0.259. The molecule has 0 saturated carbocycles. The number of likely N-dealkylation sites (N-methyl/N-ethyl adjacent to an activating group) is 1. The average Bonchev–Trinajstić information content (AvgIpc) is 2.84. The summed E-state index contributed by atoms with van der Waals surface area (Å²) in [5, 5.41) is 5.42. The molecule has 0 unspecified atom stereocenters. The number of nitrogens with two attached hydrogens (primary N) is 1. The van der Waals surface area contributed by atoms with Crippen molar-refractivity contribution in [2.45, 2.75) is 33.4 Å². The highest BCUT2D eigenvalue weighted by atomic mass is 16.5. The molecule has 2 aromatic carbocycles. The number of nitrogens with zero attached hydrogens (tertiary/aromatic N) is 4. The van der Waals surface area contributed by atoms with Crippen LogP contribution in [0.5, 0.6) is 5.88 Å². The third-order valence-electron chi connectivity index (χ3n) is 6.04. The Kier molecular flexibility index (Phi) is 7.22. The van der Waals surface area contributed by atoms with E-state index in [1.165, 1.54) is 6.33 Å². The summed E-state index contributed by atoms with van der Waals surface area (Å²) in [6.07, 6.45) is 3.62. The van der Waals surface area contributed by atoms with Gasteiger partial charge in [-0.15, -0.1) is 0 Å². The van der Waals surface area contributed by atoms with Gasteiger partial charge < -0.3 is 20.7 Å². The first-order chi connectivity index (χ1) is 16.9. The minimum atomic E-state index is 0.0702. The molecule has 2 aromatic heterocycles. The van der Waals surface area contributed by atoms with E-state index in [0.29, 0.717) is 37.1 Å². The lowest BCUT2D eigenvalue weighted by molar-refractivity contribution is -0.127. The van der Waals surface area contributed by atoms with Crippen molar-refractivity contribution >= 4 is 28.3 Å². The van der Waals surface area contributed by atoms with Crippen molar-refractivity contribution in [1.29, 1.82) is 0 Å². The molecule has 4 rings (SSSR count). The minimum absolute atomic E-state index is 0.0702. The molecule has 8 nitrogen and oxygen atoms in total. The first-order valence-corrected chi connectivity index (χ1v) is 11.4. The predicted octanol–water partition coefficient (Wildman–Crippen LogP) is 4.05. The number of hydrogen-bond donors (Lipinski definition) is 2. The van der Waals surface area contributed by atoms with E-state index in [-0.39, 0.29) is 5.91 Å². The zero-order valence-electron chi connectivity index (χ0n) is 20.5. The van der Waals surface area contributed by atoms with E-state index in [1.807, 2.05) is 30.3 Å². The number of nitrogens with one attached hydrogen (secondary N) is 1. The van der Waals surface area contributed by atoms with E-state index in [0.717, 1.165) is 38.6 Å². The Bertz CT molecular complexity index is 1350. The molecule has 0 fully saturated rings. The fourth-order valence-corrected chi connectivity index (χ4v) is 3.97. The van der Waals surface area contributed by atoms with Gasteiger partial charge >= 0.3 is 0 Å². The van der Waals surface area contributed by atoms with Crippen LogP contribution in [-0.2, 0) is 24.4 Å². The van der Waals surface area contributed by atoms with Crippen LogP contribution < -0.4 is 15.8 Å². The maximum absolute atomic E-state index is 11.9. The molecule has 0 aliphatic carbocycles. The summed E-state index contributed by atoms with van der Waals surface area (Å²) < 4.78 is 5.89. The molecule has 0 spiro atoms. The van der Waals surface area contributed by atoms with Crippen LogP contribution in [0.2, 0.25) is 0 Å². The van der Waals surface area contributed by atoms with Gasteiger partial charge in [0, 0.05) is 38.3 Å². The Hall–Kier alpha value is -4.04. The van der Waals surface area contributed by atoms with Gasteiger partial charge in [-0.1, -0.05) is 24.3 Å².